The number of aliphatic hydroxyl groups is 5. The standard InChI is InChI=1S/C33H52O9/c1-18(8-6-14-32(3,4)42-31-28(38)26(36)27(37)29(41-31)30(39)40)23-12-13-24-20(9-7-15-33(23,24)5)10-11-21-16-22(34)17-25(35)19(21)2/h10-11,18,22-29,31,34-38H,2,6-9,12-17H2,1,3-5H3,(H,39,40). The van der Waals surface area contributed by atoms with Crippen molar-refractivity contribution in [3.8, 4) is 0 Å². The Morgan fingerprint density at radius 3 is 2.55 bits per heavy atom. The molecular formula is C33H52O9. The molecule has 238 valence electrons. The Labute approximate surface area is 249 Å². The fourth-order valence-electron chi connectivity index (χ4n) is 8.25. The van der Waals surface area contributed by atoms with E-state index in [9.17, 15) is 35.4 Å². The average Bonchev–Trinajstić information content (AvgIpc) is 3.27. The Hall–Kier alpha value is -1.59. The van der Waals surface area contributed by atoms with Crippen molar-refractivity contribution in [3.05, 3.63) is 35.5 Å². The lowest BCUT2D eigenvalue weighted by molar-refractivity contribution is -0.317. The van der Waals surface area contributed by atoms with Gasteiger partial charge in [-0.05, 0) is 93.1 Å². The van der Waals surface area contributed by atoms with Gasteiger partial charge in [0.15, 0.2) is 12.4 Å². The molecule has 9 nitrogen and oxygen atoms in total. The molecule has 0 bridgehead atoms. The predicted molar refractivity (Wildman–Crippen MR) is 157 cm³/mol. The summed E-state index contributed by atoms with van der Waals surface area (Å²) in [6.07, 6.45) is 4.33. The number of hydrogen-bond donors (Lipinski definition) is 6. The maximum Gasteiger partial charge on any atom is 0.335 e. The zero-order valence-electron chi connectivity index (χ0n) is 25.6. The van der Waals surface area contributed by atoms with Crippen LogP contribution in [0.1, 0.15) is 91.9 Å². The fourth-order valence-corrected chi connectivity index (χ4v) is 8.25. The third-order valence-electron chi connectivity index (χ3n) is 10.7. The van der Waals surface area contributed by atoms with Crippen molar-refractivity contribution in [2.24, 2.45) is 23.2 Å². The SMILES string of the molecule is C=C1C(=CC=C2CCCC3(C)C2CCC3C(C)CCCC(C)(C)OC2OC(C(=O)O)C(O)C(O)C2O)CC(O)CC1O. The number of carbonyl (C=O) groups is 1. The summed E-state index contributed by atoms with van der Waals surface area (Å²) in [5.74, 6) is 0.191. The highest BCUT2D eigenvalue weighted by atomic mass is 16.7. The van der Waals surface area contributed by atoms with Crippen LogP contribution in [0.4, 0.5) is 0 Å². The van der Waals surface area contributed by atoms with Gasteiger partial charge in [0.1, 0.15) is 18.3 Å². The van der Waals surface area contributed by atoms with E-state index >= 15 is 0 Å². The Balaban J connectivity index is 1.34. The summed E-state index contributed by atoms with van der Waals surface area (Å²) in [6, 6.07) is 0. The molecule has 4 fully saturated rings. The van der Waals surface area contributed by atoms with Crippen LogP contribution in [0.15, 0.2) is 35.5 Å². The van der Waals surface area contributed by atoms with Crippen LogP contribution in [0.2, 0.25) is 0 Å². The first kappa shape index (κ1) is 33.3. The Bertz CT molecular complexity index is 1050. The van der Waals surface area contributed by atoms with Gasteiger partial charge < -0.3 is 40.1 Å². The van der Waals surface area contributed by atoms with Crippen molar-refractivity contribution in [2.75, 3.05) is 0 Å². The first-order chi connectivity index (χ1) is 19.6. The lowest BCUT2D eigenvalue weighted by Gasteiger charge is -2.44. The van der Waals surface area contributed by atoms with Crippen LogP contribution in [0.25, 0.3) is 0 Å². The van der Waals surface area contributed by atoms with Crippen LogP contribution < -0.4 is 0 Å². The molecule has 0 amide bonds. The summed E-state index contributed by atoms with van der Waals surface area (Å²) in [4.78, 5) is 11.4. The topological polar surface area (TPSA) is 157 Å². The number of carboxylic acid groups (broad SMARTS) is 1. The highest BCUT2D eigenvalue weighted by Gasteiger charge is 2.51. The monoisotopic (exact) mass is 592 g/mol. The van der Waals surface area contributed by atoms with Crippen molar-refractivity contribution in [1.82, 2.24) is 0 Å². The van der Waals surface area contributed by atoms with Crippen molar-refractivity contribution in [3.63, 3.8) is 0 Å². The number of allylic oxidation sites excluding steroid dienone is 3. The van der Waals surface area contributed by atoms with E-state index in [0.29, 0.717) is 37.0 Å². The number of carboxylic acids is 1. The van der Waals surface area contributed by atoms with E-state index in [2.05, 4.69) is 32.6 Å². The summed E-state index contributed by atoms with van der Waals surface area (Å²) in [7, 11) is 0. The zero-order valence-corrected chi connectivity index (χ0v) is 25.6. The van der Waals surface area contributed by atoms with Crippen molar-refractivity contribution in [2.45, 2.75) is 140 Å². The van der Waals surface area contributed by atoms with E-state index in [1.54, 1.807) is 0 Å². The van der Waals surface area contributed by atoms with Gasteiger partial charge in [-0.1, -0.05) is 51.0 Å². The molecule has 0 radical (unpaired) electrons. The van der Waals surface area contributed by atoms with Crippen LogP contribution in [-0.2, 0) is 14.3 Å². The van der Waals surface area contributed by atoms with Gasteiger partial charge in [0, 0.05) is 6.42 Å². The predicted octanol–water partition coefficient (Wildman–Crippen LogP) is 3.62. The molecule has 1 saturated heterocycles. The van der Waals surface area contributed by atoms with Crippen LogP contribution in [0.3, 0.4) is 0 Å². The smallest absolute Gasteiger partial charge is 0.335 e. The van der Waals surface area contributed by atoms with Gasteiger partial charge in [0.25, 0.3) is 0 Å². The molecule has 42 heavy (non-hydrogen) atoms. The van der Waals surface area contributed by atoms with Gasteiger partial charge in [-0.2, -0.15) is 0 Å². The summed E-state index contributed by atoms with van der Waals surface area (Å²) in [5, 5.41) is 60.1. The first-order valence-corrected chi connectivity index (χ1v) is 15.7. The molecule has 1 heterocycles. The second-order valence-corrected chi connectivity index (χ2v) is 14.1. The van der Waals surface area contributed by atoms with Gasteiger partial charge in [-0.25, -0.2) is 4.79 Å². The minimum atomic E-state index is -1.74. The molecule has 11 unspecified atom stereocenters. The van der Waals surface area contributed by atoms with Gasteiger partial charge in [0.05, 0.1) is 17.8 Å². The highest BCUT2D eigenvalue weighted by Crippen LogP contribution is 2.60. The van der Waals surface area contributed by atoms with Crippen molar-refractivity contribution in [1.29, 1.82) is 0 Å². The largest absolute Gasteiger partial charge is 0.479 e. The molecule has 0 aromatic rings. The number of rotatable bonds is 9. The van der Waals surface area contributed by atoms with E-state index in [1.807, 2.05) is 13.8 Å². The van der Waals surface area contributed by atoms with E-state index < -0.39 is 54.5 Å². The zero-order chi connectivity index (χ0) is 31.0. The molecule has 0 spiro atoms. The van der Waals surface area contributed by atoms with E-state index in [4.69, 9.17) is 9.47 Å². The van der Waals surface area contributed by atoms with E-state index in [-0.39, 0.29) is 5.41 Å². The van der Waals surface area contributed by atoms with Crippen molar-refractivity contribution >= 4 is 5.97 Å². The Morgan fingerprint density at radius 1 is 1.14 bits per heavy atom. The van der Waals surface area contributed by atoms with Crippen molar-refractivity contribution < 1.29 is 44.9 Å². The number of fused-ring (bicyclic) bond motifs is 1. The number of aliphatic carboxylic acids is 1. The molecule has 3 aliphatic carbocycles. The molecule has 11 atom stereocenters. The second-order valence-electron chi connectivity index (χ2n) is 14.1. The van der Waals surface area contributed by atoms with Crippen LogP contribution in [0, 0.1) is 23.2 Å². The lowest BCUT2D eigenvalue weighted by atomic mass is 9.60. The quantitative estimate of drug-likeness (QED) is 0.235. The fraction of sp³-hybridized carbons (Fsp3) is 0.788. The second kappa shape index (κ2) is 13.2. The summed E-state index contributed by atoms with van der Waals surface area (Å²) < 4.78 is 11.3. The van der Waals surface area contributed by atoms with Crippen LogP contribution in [0.5, 0.6) is 0 Å². The van der Waals surface area contributed by atoms with Crippen LogP contribution >= 0.6 is 0 Å². The van der Waals surface area contributed by atoms with Gasteiger partial charge in [-0.15, -0.1) is 0 Å². The summed E-state index contributed by atoms with van der Waals surface area (Å²) in [5.41, 5.74) is 2.63. The third kappa shape index (κ3) is 7.04. The molecule has 1 aliphatic heterocycles. The minimum absolute atomic E-state index is 0.222. The molecule has 4 aliphatic rings. The highest BCUT2D eigenvalue weighted by molar-refractivity contribution is 5.73. The van der Waals surface area contributed by atoms with Crippen LogP contribution in [-0.4, -0.2) is 85.1 Å². The number of hydrogen-bond acceptors (Lipinski definition) is 8. The lowest BCUT2D eigenvalue weighted by Crippen LogP contribution is -2.61. The Morgan fingerprint density at radius 2 is 1.86 bits per heavy atom. The number of aliphatic hydroxyl groups excluding tert-OH is 5. The normalized spacial score (nSPS) is 42.1. The molecule has 0 aromatic heterocycles. The maximum absolute atomic E-state index is 11.4. The van der Waals surface area contributed by atoms with E-state index in [1.165, 1.54) is 18.4 Å². The number of ether oxygens (including phenoxy) is 2. The molecule has 9 heteroatoms. The first-order valence-electron chi connectivity index (χ1n) is 15.7. The minimum Gasteiger partial charge on any atom is -0.479 e. The third-order valence-corrected chi connectivity index (χ3v) is 10.7. The molecule has 6 N–H and O–H groups in total. The average molecular weight is 593 g/mol. The van der Waals surface area contributed by atoms with E-state index in [0.717, 1.165) is 43.3 Å². The summed E-state index contributed by atoms with van der Waals surface area (Å²) in [6.45, 7) is 12.6. The van der Waals surface area contributed by atoms with Gasteiger partial charge in [-0.3, -0.25) is 0 Å². The molecular weight excluding hydrogens is 540 g/mol. The Kier molecular flexibility index (Phi) is 10.5. The molecule has 4 rings (SSSR count). The molecule has 0 aromatic carbocycles. The van der Waals surface area contributed by atoms with Gasteiger partial charge >= 0.3 is 5.97 Å². The summed E-state index contributed by atoms with van der Waals surface area (Å²) >= 11 is 0. The van der Waals surface area contributed by atoms with Gasteiger partial charge in [0.2, 0.25) is 0 Å². The molecule has 3 saturated carbocycles. The maximum atomic E-state index is 11.4.